The number of aromatic nitrogens is 1. The van der Waals surface area contributed by atoms with Crippen molar-refractivity contribution in [3.8, 4) is 11.5 Å². The van der Waals surface area contributed by atoms with Crippen molar-refractivity contribution in [2.45, 2.75) is 19.8 Å². The van der Waals surface area contributed by atoms with Gasteiger partial charge in [-0.25, -0.2) is 9.37 Å². The number of phenols is 1. The van der Waals surface area contributed by atoms with Gasteiger partial charge in [0.2, 0.25) is 0 Å². The molecule has 9 heteroatoms. The molecule has 3 rings (SSSR count). The Labute approximate surface area is 191 Å². The summed E-state index contributed by atoms with van der Waals surface area (Å²) in [5.74, 6) is 4.95. The smallest absolute Gasteiger partial charge is 0.166 e. The lowest BCUT2D eigenvalue weighted by Crippen LogP contribution is -2.08. The number of aliphatic imine (C=N–C) groups is 1. The standard InChI is InChI=1S/C21H19FN4O3.C3H8O/c22-17-12-15(4-8-21(17)28)24-13-20(26-23)19-6-3-14-11-16(5-7-18(14)25-19)29-10-2-1-9-27;1-3-4-2/h3-9,11-13,28H,1-2,10,23H2;3H2,1-2H3/b24-13?,26-20+;. The number of ether oxygens (including phenoxy) is 2. The highest BCUT2D eigenvalue weighted by Gasteiger charge is 2.07. The second-order valence-electron chi connectivity index (χ2n) is 6.69. The lowest BCUT2D eigenvalue weighted by molar-refractivity contribution is -0.108. The predicted octanol–water partition coefficient (Wildman–Crippen LogP) is 4.16. The maximum absolute atomic E-state index is 13.4. The number of unbranched alkanes of at least 4 members (excludes halogenated alkanes) is 1. The van der Waals surface area contributed by atoms with Crippen molar-refractivity contribution in [2.24, 2.45) is 15.9 Å². The zero-order valence-corrected chi connectivity index (χ0v) is 18.6. The Hall–Kier alpha value is -3.85. The molecule has 0 radical (unpaired) electrons. The average Bonchev–Trinajstić information content (AvgIpc) is 2.84. The Morgan fingerprint density at radius 3 is 2.67 bits per heavy atom. The lowest BCUT2D eigenvalue weighted by Gasteiger charge is -2.07. The summed E-state index contributed by atoms with van der Waals surface area (Å²) in [7, 11) is 1.68. The van der Waals surface area contributed by atoms with Crippen LogP contribution in [0.4, 0.5) is 10.1 Å². The molecule has 0 aliphatic heterocycles. The van der Waals surface area contributed by atoms with Gasteiger partial charge in [0.25, 0.3) is 0 Å². The summed E-state index contributed by atoms with van der Waals surface area (Å²) < 4.78 is 23.6. The van der Waals surface area contributed by atoms with Crippen molar-refractivity contribution in [2.75, 3.05) is 20.3 Å². The van der Waals surface area contributed by atoms with Gasteiger partial charge >= 0.3 is 0 Å². The minimum absolute atomic E-state index is 0.304. The first-order valence-corrected chi connectivity index (χ1v) is 10.3. The zero-order chi connectivity index (χ0) is 24.1. The highest BCUT2D eigenvalue weighted by Crippen LogP contribution is 2.22. The van der Waals surface area contributed by atoms with Gasteiger partial charge in [-0.15, -0.1) is 0 Å². The molecule has 0 unspecified atom stereocenters. The van der Waals surface area contributed by atoms with Crippen LogP contribution in [0.1, 0.15) is 25.5 Å². The fraction of sp³-hybridized carbons (Fsp3) is 0.250. The van der Waals surface area contributed by atoms with E-state index >= 15 is 0 Å². The third kappa shape index (κ3) is 7.97. The van der Waals surface area contributed by atoms with Crippen molar-refractivity contribution < 1.29 is 23.8 Å². The number of hydrogen-bond acceptors (Lipinski definition) is 8. The zero-order valence-electron chi connectivity index (χ0n) is 18.6. The van der Waals surface area contributed by atoms with Crippen molar-refractivity contribution in [1.82, 2.24) is 4.98 Å². The van der Waals surface area contributed by atoms with Crippen molar-refractivity contribution in [3.05, 3.63) is 60.0 Å². The number of hydrogen-bond donors (Lipinski definition) is 2. The van der Waals surface area contributed by atoms with E-state index in [0.717, 1.165) is 24.3 Å². The molecule has 0 saturated carbocycles. The van der Waals surface area contributed by atoms with Gasteiger partial charge in [0.15, 0.2) is 11.6 Å². The van der Waals surface area contributed by atoms with E-state index in [9.17, 15) is 14.3 Å². The van der Waals surface area contributed by atoms with Crippen LogP contribution in [0.3, 0.4) is 0 Å². The summed E-state index contributed by atoms with van der Waals surface area (Å²) in [6.45, 7) is 3.24. The summed E-state index contributed by atoms with van der Waals surface area (Å²) in [5, 5.41) is 13.8. The first-order chi connectivity index (χ1) is 16.0. The third-order valence-electron chi connectivity index (χ3n) is 4.35. The number of hydrazone groups is 1. The molecule has 0 spiro atoms. The van der Waals surface area contributed by atoms with Crippen molar-refractivity contribution in [1.29, 1.82) is 0 Å². The predicted molar refractivity (Wildman–Crippen MR) is 127 cm³/mol. The SMILES string of the molecule is CCOC.N/N=C(\C=Nc1ccc(O)c(F)c1)c1ccc2cc(OCCCC=O)ccc2n1. The van der Waals surface area contributed by atoms with Crippen LogP contribution in [-0.2, 0) is 9.53 Å². The van der Waals surface area contributed by atoms with Gasteiger partial charge in [-0.05, 0) is 49.7 Å². The average molecular weight is 455 g/mol. The molecule has 1 heterocycles. The molecular weight excluding hydrogens is 427 g/mol. The van der Waals surface area contributed by atoms with E-state index in [0.29, 0.717) is 47.8 Å². The number of phenolic OH excluding ortho intramolecular Hbond substituents is 1. The molecule has 8 nitrogen and oxygen atoms in total. The van der Waals surface area contributed by atoms with Gasteiger partial charge in [-0.2, -0.15) is 5.10 Å². The Kier molecular flexibility index (Phi) is 10.4. The largest absolute Gasteiger partial charge is 0.505 e. The van der Waals surface area contributed by atoms with Crippen LogP contribution in [0.15, 0.2) is 58.6 Å². The van der Waals surface area contributed by atoms with Gasteiger partial charge in [-0.3, -0.25) is 4.99 Å². The lowest BCUT2D eigenvalue weighted by atomic mass is 10.1. The van der Waals surface area contributed by atoms with E-state index in [4.69, 9.17) is 10.6 Å². The number of fused-ring (bicyclic) bond motifs is 1. The number of benzene rings is 2. The molecule has 2 aromatic carbocycles. The van der Waals surface area contributed by atoms with Crippen LogP contribution < -0.4 is 10.6 Å². The number of aromatic hydroxyl groups is 1. The minimum atomic E-state index is -0.765. The Morgan fingerprint density at radius 1 is 1.21 bits per heavy atom. The molecule has 0 amide bonds. The van der Waals surface area contributed by atoms with E-state index < -0.39 is 11.6 Å². The number of methoxy groups -OCH3 is 1. The summed E-state index contributed by atoms with van der Waals surface area (Å²) in [4.78, 5) is 19.0. The van der Waals surface area contributed by atoms with Gasteiger partial charge in [0.1, 0.15) is 17.7 Å². The quantitative estimate of drug-likeness (QED) is 0.165. The van der Waals surface area contributed by atoms with Crippen LogP contribution in [0.25, 0.3) is 10.9 Å². The van der Waals surface area contributed by atoms with E-state index in [-0.39, 0.29) is 0 Å². The number of halogens is 1. The molecule has 1 aromatic heterocycles. The maximum Gasteiger partial charge on any atom is 0.166 e. The van der Waals surface area contributed by atoms with Crippen molar-refractivity contribution in [3.63, 3.8) is 0 Å². The molecule has 33 heavy (non-hydrogen) atoms. The fourth-order valence-electron chi connectivity index (χ4n) is 2.57. The van der Waals surface area contributed by atoms with Gasteiger partial charge < -0.3 is 25.2 Å². The maximum atomic E-state index is 13.4. The van der Waals surface area contributed by atoms with Crippen LogP contribution in [0.5, 0.6) is 11.5 Å². The number of carbonyl (C=O) groups is 1. The molecule has 0 saturated heterocycles. The van der Waals surface area contributed by atoms with Gasteiger partial charge in [0.05, 0.1) is 29.7 Å². The van der Waals surface area contributed by atoms with Crippen molar-refractivity contribution >= 4 is 34.8 Å². The monoisotopic (exact) mass is 454 g/mol. The molecule has 3 N–H and O–H groups in total. The molecule has 0 bridgehead atoms. The number of carbonyl (C=O) groups excluding carboxylic acids is 1. The van der Waals surface area contributed by atoms with Crippen LogP contribution in [0, 0.1) is 5.82 Å². The fourth-order valence-corrected chi connectivity index (χ4v) is 2.57. The number of nitrogens with two attached hydrogens (primary N) is 1. The number of rotatable bonds is 9. The molecule has 174 valence electrons. The summed E-state index contributed by atoms with van der Waals surface area (Å²) in [6.07, 6.45) is 3.38. The number of nitrogens with zero attached hydrogens (tertiary/aromatic N) is 3. The number of pyridine rings is 1. The molecule has 3 aromatic rings. The van der Waals surface area contributed by atoms with E-state index in [1.54, 1.807) is 19.2 Å². The Morgan fingerprint density at radius 2 is 2.00 bits per heavy atom. The number of aldehydes is 1. The van der Waals surface area contributed by atoms with E-state index in [1.807, 2.05) is 25.1 Å². The molecule has 0 atom stereocenters. The Balaban J connectivity index is 0.000000890. The molecule has 0 fully saturated rings. The summed E-state index contributed by atoms with van der Waals surface area (Å²) in [5.41, 5.74) is 1.84. The first-order valence-electron chi connectivity index (χ1n) is 10.3. The van der Waals surface area contributed by atoms with Crippen LogP contribution in [-0.4, -0.2) is 48.6 Å². The van der Waals surface area contributed by atoms with E-state index in [1.165, 1.54) is 18.3 Å². The topological polar surface area (TPSA) is 119 Å². The summed E-state index contributed by atoms with van der Waals surface area (Å²) >= 11 is 0. The van der Waals surface area contributed by atoms with Crippen LogP contribution >= 0.6 is 0 Å². The van der Waals surface area contributed by atoms with Gasteiger partial charge in [-0.1, -0.05) is 6.07 Å². The normalized spacial score (nSPS) is 11.3. The third-order valence-corrected chi connectivity index (χ3v) is 4.35. The first kappa shape index (κ1) is 25.4. The Bertz CT molecular complexity index is 1120. The second kappa shape index (κ2) is 13.5. The summed E-state index contributed by atoms with van der Waals surface area (Å²) in [6, 6.07) is 12.9. The van der Waals surface area contributed by atoms with E-state index in [2.05, 4.69) is 19.8 Å². The highest BCUT2D eigenvalue weighted by molar-refractivity contribution is 6.38. The molecule has 0 aliphatic rings. The molecular formula is C24H27FN4O4. The minimum Gasteiger partial charge on any atom is -0.505 e. The van der Waals surface area contributed by atoms with Crippen LogP contribution in [0.2, 0.25) is 0 Å². The van der Waals surface area contributed by atoms with Gasteiger partial charge in [0, 0.05) is 31.6 Å². The second-order valence-corrected chi connectivity index (χ2v) is 6.69. The highest BCUT2D eigenvalue weighted by atomic mass is 19.1. The molecule has 0 aliphatic carbocycles.